The van der Waals surface area contributed by atoms with Crippen molar-refractivity contribution in [1.29, 1.82) is 0 Å². The molecule has 114 valence electrons. The molecule has 1 atom stereocenters. The Morgan fingerprint density at radius 3 is 2.86 bits per heavy atom. The highest BCUT2D eigenvalue weighted by molar-refractivity contribution is 9.10. The molecule has 1 aliphatic heterocycles. The van der Waals surface area contributed by atoms with Crippen LogP contribution in [0.3, 0.4) is 0 Å². The SMILES string of the molecule is O=C(O)c1ccc(Br)c(OCC2CCC3(CCCC3)O2)c1. The van der Waals surface area contributed by atoms with E-state index in [-0.39, 0.29) is 17.3 Å². The molecule has 0 radical (unpaired) electrons. The fraction of sp³-hybridized carbons (Fsp3) is 0.562. The molecule has 0 bridgehead atoms. The second-order valence-corrected chi connectivity index (χ2v) is 6.78. The predicted octanol–water partition coefficient (Wildman–Crippen LogP) is 4.02. The second kappa shape index (κ2) is 5.97. The number of hydrogen-bond donors (Lipinski definition) is 1. The fourth-order valence-electron chi connectivity index (χ4n) is 3.33. The maximum atomic E-state index is 11.0. The van der Waals surface area contributed by atoms with E-state index in [2.05, 4.69) is 15.9 Å². The Balaban J connectivity index is 1.60. The zero-order chi connectivity index (χ0) is 14.9. The van der Waals surface area contributed by atoms with Gasteiger partial charge in [-0.1, -0.05) is 12.8 Å². The number of hydrogen-bond acceptors (Lipinski definition) is 3. The van der Waals surface area contributed by atoms with Crippen LogP contribution in [0.25, 0.3) is 0 Å². The maximum absolute atomic E-state index is 11.0. The van der Waals surface area contributed by atoms with Gasteiger partial charge in [0, 0.05) is 0 Å². The Morgan fingerprint density at radius 1 is 1.38 bits per heavy atom. The highest BCUT2D eigenvalue weighted by Gasteiger charge is 2.42. The number of aromatic carboxylic acids is 1. The first kappa shape index (κ1) is 14.9. The summed E-state index contributed by atoms with van der Waals surface area (Å²) >= 11 is 3.39. The molecule has 1 aromatic carbocycles. The molecule has 2 aliphatic rings. The minimum Gasteiger partial charge on any atom is -0.490 e. The molecule has 1 aromatic rings. The number of ether oxygens (including phenoxy) is 2. The zero-order valence-electron chi connectivity index (χ0n) is 11.8. The average molecular weight is 355 g/mol. The number of carboxylic acid groups (broad SMARTS) is 1. The molecule has 21 heavy (non-hydrogen) atoms. The third-order valence-electron chi connectivity index (χ3n) is 4.46. The molecule has 1 saturated carbocycles. The molecule has 0 amide bonds. The van der Waals surface area contributed by atoms with E-state index in [1.54, 1.807) is 18.2 Å². The van der Waals surface area contributed by atoms with E-state index in [0.717, 1.165) is 17.3 Å². The van der Waals surface area contributed by atoms with E-state index in [0.29, 0.717) is 12.4 Å². The average Bonchev–Trinajstić information content (AvgIpc) is 3.08. The molecule has 4 nitrogen and oxygen atoms in total. The summed E-state index contributed by atoms with van der Waals surface area (Å²) in [4.78, 5) is 11.0. The van der Waals surface area contributed by atoms with Gasteiger partial charge in [-0.25, -0.2) is 4.79 Å². The van der Waals surface area contributed by atoms with Crippen LogP contribution in [0.15, 0.2) is 22.7 Å². The molecular weight excluding hydrogens is 336 g/mol. The van der Waals surface area contributed by atoms with Crippen molar-refractivity contribution in [2.45, 2.75) is 50.2 Å². The Labute approximate surface area is 132 Å². The fourth-order valence-corrected chi connectivity index (χ4v) is 3.69. The molecule has 1 saturated heterocycles. The highest BCUT2D eigenvalue weighted by atomic mass is 79.9. The van der Waals surface area contributed by atoms with Crippen LogP contribution in [-0.2, 0) is 4.74 Å². The van der Waals surface area contributed by atoms with E-state index in [9.17, 15) is 4.79 Å². The van der Waals surface area contributed by atoms with Crippen LogP contribution in [0.4, 0.5) is 0 Å². The Hall–Kier alpha value is -1.07. The summed E-state index contributed by atoms with van der Waals surface area (Å²) in [7, 11) is 0. The van der Waals surface area contributed by atoms with Gasteiger partial charge in [0.2, 0.25) is 0 Å². The van der Waals surface area contributed by atoms with Crippen molar-refractivity contribution in [2.75, 3.05) is 6.61 Å². The number of carboxylic acids is 1. The van der Waals surface area contributed by atoms with Crippen LogP contribution in [0.2, 0.25) is 0 Å². The summed E-state index contributed by atoms with van der Waals surface area (Å²) in [6.45, 7) is 0.476. The van der Waals surface area contributed by atoms with E-state index in [1.165, 1.54) is 25.7 Å². The van der Waals surface area contributed by atoms with Crippen molar-refractivity contribution in [3.8, 4) is 5.75 Å². The van der Waals surface area contributed by atoms with E-state index < -0.39 is 5.97 Å². The van der Waals surface area contributed by atoms with Gasteiger partial charge in [0.05, 0.1) is 21.7 Å². The monoisotopic (exact) mass is 354 g/mol. The number of rotatable bonds is 4. The van der Waals surface area contributed by atoms with Gasteiger partial charge >= 0.3 is 5.97 Å². The van der Waals surface area contributed by atoms with Crippen LogP contribution < -0.4 is 4.74 Å². The van der Waals surface area contributed by atoms with Crippen LogP contribution in [0.5, 0.6) is 5.75 Å². The maximum Gasteiger partial charge on any atom is 0.335 e. The van der Waals surface area contributed by atoms with Crippen molar-refractivity contribution in [3.05, 3.63) is 28.2 Å². The number of carbonyl (C=O) groups is 1. The van der Waals surface area contributed by atoms with Crippen molar-refractivity contribution in [2.24, 2.45) is 0 Å². The summed E-state index contributed by atoms with van der Waals surface area (Å²) in [5.74, 6) is -0.389. The molecule has 1 heterocycles. The minimum atomic E-state index is -0.950. The van der Waals surface area contributed by atoms with Crippen LogP contribution in [-0.4, -0.2) is 29.4 Å². The summed E-state index contributed by atoms with van der Waals surface area (Å²) in [5, 5.41) is 9.02. The van der Waals surface area contributed by atoms with Gasteiger partial charge in [-0.05, 0) is 59.8 Å². The van der Waals surface area contributed by atoms with E-state index in [4.69, 9.17) is 14.6 Å². The molecule has 1 spiro atoms. The summed E-state index contributed by atoms with van der Waals surface area (Å²) < 4.78 is 12.7. The molecule has 3 rings (SSSR count). The zero-order valence-corrected chi connectivity index (χ0v) is 13.4. The predicted molar refractivity (Wildman–Crippen MR) is 81.9 cm³/mol. The largest absolute Gasteiger partial charge is 0.490 e. The van der Waals surface area contributed by atoms with E-state index >= 15 is 0 Å². The van der Waals surface area contributed by atoms with Crippen molar-refractivity contribution in [3.63, 3.8) is 0 Å². The number of halogens is 1. The lowest BCUT2D eigenvalue weighted by Gasteiger charge is -2.23. The van der Waals surface area contributed by atoms with Crippen LogP contribution in [0.1, 0.15) is 48.9 Å². The lowest BCUT2D eigenvalue weighted by molar-refractivity contribution is -0.0509. The summed E-state index contributed by atoms with van der Waals surface area (Å²) in [6.07, 6.45) is 7.12. The molecule has 1 unspecified atom stereocenters. The summed E-state index contributed by atoms with van der Waals surface area (Å²) in [6, 6.07) is 4.80. The van der Waals surface area contributed by atoms with Gasteiger partial charge in [-0.15, -0.1) is 0 Å². The third kappa shape index (κ3) is 3.24. The lowest BCUT2D eigenvalue weighted by atomic mass is 9.98. The minimum absolute atomic E-state index is 0.105. The Bertz CT molecular complexity index is 537. The van der Waals surface area contributed by atoms with Crippen molar-refractivity contribution < 1.29 is 19.4 Å². The second-order valence-electron chi connectivity index (χ2n) is 5.93. The van der Waals surface area contributed by atoms with Gasteiger partial charge < -0.3 is 14.6 Å². The van der Waals surface area contributed by atoms with Gasteiger partial charge in [0.15, 0.2) is 0 Å². The molecule has 1 aliphatic carbocycles. The van der Waals surface area contributed by atoms with Gasteiger partial charge in [-0.2, -0.15) is 0 Å². The lowest BCUT2D eigenvalue weighted by Crippen LogP contribution is -2.27. The molecule has 0 aromatic heterocycles. The first-order valence-corrected chi connectivity index (χ1v) is 8.21. The molecule has 1 N–H and O–H groups in total. The normalized spacial score (nSPS) is 23.6. The highest BCUT2D eigenvalue weighted by Crippen LogP contribution is 2.43. The third-order valence-corrected chi connectivity index (χ3v) is 5.11. The number of benzene rings is 1. The molecule has 5 heteroatoms. The first-order chi connectivity index (χ1) is 10.1. The smallest absolute Gasteiger partial charge is 0.335 e. The first-order valence-electron chi connectivity index (χ1n) is 7.41. The molecule has 2 fully saturated rings. The molecular formula is C16H19BrO4. The van der Waals surface area contributed by atoms with E-state index in [1.807, 2.05) is 0 Å². The quantitative estimate of drug-likeness (QED) is 0.887. The van der Waals surface area contributed by atoms with Crippen molar-refractivity contribution in [1.82, 2.24) is 0 Å². The Kier molecular flexibility index (Phi) is 4.22. The van der Waals surface area contributed by atoms with Gasteiger partial charge in [0.1, 0.15) is 12.4 Å². The standard InChI is InChI=1S/C16H19BrO4/c17-13-4-3-11(15(18)19)9-14(13)20-10-12-5-8-16(21-12)6-1-2-7-16/h3-4,9,12H,1-2,5-8,10H2,(H,18,19). The Morgan fingerprint density at radius 2 is 2.14 bits per heavy atom. The van der Waals surface area contributed by atoms with Crippen LogP contribution >= 0.6 is 15.9 Å². The van der Waals surface area contributed by atoms with Gasteiger partial charge in [-0.3, -0.25) is 0 Å². The van der Waals surface area contributed by atoms with Crippen molar-refractivity contribution >= 4 is 21.9 Å². The van der Waals surface area contributed by atoms with Gasteiger partial charge in [0.25, 0.3) is 0 Å². The summed E-state index contributed by atoms with van der Waals surface area (Å²) in [5.41, 5.74) is 0.335. The topological polar surface area (TPSA) is 55.8 Å². The van der Waals surface area contributed by atoms with Crippen LogP contribution in [0, 0.1) is 0 Å².